The molecule has 0 aliphatic heterocycles. The van der Waals surface area contributed by atoms with E-state index in [0.29, 0.717) is 5.92 Å². The molecule has 1 aliphatic rings. The zero-order valence-electron chi connectivity index (χ0n) is 10.0. The normalized spacial score (nSPS) is 24.7. The fourth-order valence-corrected chi connectivity index (χ4v) is 1.79. The lowest BCUT2D eigenvalue weighted by Crippen LogP contribution is -2.27. The van der Waals surface area contributed by atoms with Gasteiger partial charge in [0.2, 0.25) is 5.91 Å². The van der Waals surface area contributed by atoms with Crippen LogP contribution in [0.3, 0.4) is 0 Å². The molecule has 88 valence electrons. The molecule has 1 saturated carbocycles. The first kappa shape index (κ1) is 12.5. The van der Waals surface area contributed by atoms with Gasteiger partial charge in [0.15, 0.2) is 0 Å². The van der Waals surface area contributed by atoms with Crippen molar-refractivity contribution in [3.63, 3.8) is 0 Å². The van der Waals surface area contributed by atoms with Crippen molar-refractivity contribution >= 4 is 5.91 Å². The SMILES string of the molecule is CC(CO)CCCNC(=O)C1CC1(C)C. The fourth-order valence-electron chi connectivity index (χ4n) is 1.79. The molecule has 1 amide bonds. The Bertz CT molecular complexity index is 226. The zero-order chi connectivity index (χ0) is 11.5. The summed E-state index contributed by atoms with van der Waals surface area (Å²) in [6.07, 6.45) is 2.96. The topological polar surface area (TPSA) is 49.3 Å². The van der Waals surface area contributed by atoms with Crippen LogP contribution >= 0.6 is 0 Å². The number of amides is 1. The number of hydrogen-bond acceptors (Lipinski definition) is 2. The minimum Gasteiger partial charge on any atom is -0.396 e. The Morgan fingerprint density at radius 2 is 2.20 bits per heavy atom. The van der Waals surface area contributed by atoms with Crippen molar-refractivity contribution in [1.29, 1.82) is 0 Å². The molecule has 0 aromatic carbocycles. The summed E-state index contributed by atoms with van der Waals surface area (Å²) in [5, 5.41) is 11.8. The molecule has 3 heteroatoms. The smallest absolute Gasteiger partial charge is 0.223 e. The highest BCUT2D eigenvalue weighted by molar-refractivity contribution is 5.82. The van der Waals surface area contributed by atoms with Crippen molar-refractivity contribution in [1.82, 2.24) is 5.32 Å². The lowest BCUT2D eigenvalue weighted by atomic mass is 10.1. The molecule has 0 aromatic heterocycles. The molecule has 0 spiro atoms. The maximum absolute atomic E-state index is 11.6. The summed E-state index contributed by atoms with van der Waals surface area (Å²) in [4.78, 5) is 11.6. The Morgan fingerprint density at radius 3 is 2.67 bits per heavy atom. The molecular weight excluding hydrogens is 190 g/mol. The van der Waals surface area contributed by atoms with Gasteiger partial charge in [0.1, 0.15) is 0 Å². The Balaban J connectivity index is 2.04. The maximum atomic E-state index is 11.6. The number of carbonyl (C=O) groups excluding carboxylic acids is 1. The highest BCUT2D eigenvalue weighted by atomic mass is 16.3. The van der Waals surface area contributed by atoms with E-state index >= 15 is 0 Å². The van der Waals surface area contributed by atoms with Crippen molar-refractivity contribution in [3.8, 4) is 0 Å². The molecule has 1 aliphatic carbocycles. The van der Waals surface area contributed by atoms with Crippen LogP contribution in [0.15, 0.2) is 0 Å². The van der Waals surface area contributed by atoms with E-state index in [4.69, 9.17) is 5.11 Å². The highest BCUT2D eigenvalue weighted by Gasteiger charge is 2.50. The average molecular weight is 213 g/mol. The van der Waals surface area contributed by atoms with Gasteiger partial charge in [0.05, 0.1) is 0 Å². The summed E-state index contributed by atoms with van der Waals surface area (Å²) in [6.45, 7) is 7.27. The Kier molecular flexibility index (Phi) is 4.14. The minimum absolute atomic E-state index is 0.205. The first-order chi connectivity index (χ1) is 6.97. The molecule has 0 aromatic rings. The molecule has 0 heterocycles. The summed E-state index contributed by atoms with van der Waals surface area (Å²) in [5.74, 6) is 0.781. The van der Waals surface area contributed by atoms with Crippen LogP contribution in [-0.4, -0.2) is 24.2 Å². The van der Waals surface area contributed by atoms with Crippen LogP contribution in [0.1, 0.15) is 40.0 Å². The second kappa shape index (κ2) is 4.97. The van der Waals surface area contributed by atoms with Gasteiger partial charge in [-0.1, -0.05) is 20.8 Å². The highest BCUT2D eigenvalue weighted by Crippen LogP contribution is 2.51. The lowest BCUT2D eigenvalue weighted by Gasteiger charge is -2.09. The molecule has 0 saturated heterocycles. The van der Waals surface area contributed by atoms with E-state index in [-0.39, 0.29) is 23.8 Å². The van der Waals surface area contributed by atoms with Gasteiger partial charge in [-0.3, -0.25) is 4.79 Å². The van der Waals surface area contributed by atoms with Gasteiger partial charge < -0.3 is 10.4 Å². The predicted octanol–water partition coefficient (Wildman–Crippen LogP) is 1.56. The summed E-state index contributed by atoms with van der Waals surface area (Å²) in [7, 11) is 0. The van der Waals surface area contributed by atoms with E-state index in [9.17, 15) is 4.79 Å². The first-order valence-electron chi connectivity index (χ1n) is 5.86. The third-order valence-electron chi connectivity index (χ3n) is 3.31. The van der Waals surface area contributed by atoms with Crippen LogP contribution < -0.4 is 5.32 Å². The monoisotopic (exact) mass is 213 g/mol. The molecule has 2 atom stereocenters. The van der Waals surface area contributed by atoms with Crippen molar-refractivity contribution in [2.24, 2.45) is 17.3 Å². The molecule has 2 N–H and O–H groups in total. The summed E-state index contributed by atoms with van der Waals surface area (Å²) < 4.78 is 0. The van der Waals surface area contributed by atoms with Gasteiger partial charge in [-0.05, 0) is 30.6 Å². The van der Waals surface area contributed by atoms with E-state index < -0.39 is 0 Å². The van der Waals surface area contributed by atoms with E-state index in [1.165, 1.54) is 0 Å². The maximum Gasteiger partial charge on any atom is 0.223 e. The van der Waals surface area contributed by atoms with Crippen LogP contribution in [0, 0.1) is 17.3 Å². The number of hydrogen-bond donors (Lipinski definition) is 2. The van der Waals surface area contributed by atoms with Gasteiger partial charge in [-0.15, -0.1) is 0 Å². The Hall–Kier alpha value is -0.570. The predicted molar refractivity (Wildman–Crippen MR) is 60.4 cm³/mol. The molecule has 0 radical (unpaired) electrons. The van der Waals surface area contributed by atoms with Crippen LogP contribution in [0.2, 0.25) is 0 Å². The van der Waals surface area contributed by atoms with Gasteiger partial charge in [0, 0.05) is 19.1 Å². The van der Waals surface area contributed by atoms with E-state index in [1.807, 2.05) is 6.92 Å². The van der Waals surface area contributed by atoms with Crippen LogP contribution in [0.25, 0.3) is 0 Å². The minimum atomic E-state index is 0.205. The van der Waals surface area contributed by atoms with Crippen LogP contribution in [0.5, 0.6) is 0 Å². The molecule has 1 rings (SSSR count). The summed E-state index contributed by atoms with van der Waals surface area (Å²) in [6, 6.07) is 0. The third kappa shape index (κ3) is 3.82. The number of nitrogens with one attached hydrogen (secondary N) is 1. The van der Waals surface area contributed by atoms with Crippen molar-refractivity contribution in [2.45, 2.75) is 40.0 Å². The number of rotatable bonds is 6. The van der Waals surface area contributed by atoms with Crippen molar-refractivity contribution < 1.29 is 9.90 Å². The molecule has 1 fully saturated rings. The van der Waals surface area contributed by atoms with E-state index in [2.05, 4.69) is 19.2 Å². The molecule has 15 heavy (non-hydrogen) atoms. The summed E-state index contributed by atoms with van der Waals surface area (Å²) >= 11 is 0. The van der Waals surface area contributed by atoms with Gasteiger partial charge in [-0.25, -0.2) is 0 Å². The Morgan fingerprint density at radius 1 is 1.60 bits per heavy atom. The molecule has 2 unspecified atom stereocenters. The van der Waals surface area contributed by atoms with Crippen molar-refractivity contribution in [3.05, 3.63) is 0 Å². The van der Waals surface area contributed by atoms with Gasteiger partial charge in [0.25, 0.3) is 0 Å². The quantitative estimate of drug-likeness (QED) is 0.658. The second-order valence-corrected chi connectivity index (χ2v) is 5.47. The third-order valence-corrected chi connectivity index (χ3v) is 3.31. The van der Waals surface area contributed by atoms with E-state index in [0.717, 1.165) is 25.8 Å². The Labute approximate surface area is 92.3 Å². The second-order valence-electron chi connectivity index (χ2n) is 5.47. The number of aliphatic hydroxyl groups excluding tert-OH is 1. The van der Waals surface area contributed by atoms with E-state index in [1.54, 1.807) is 0 Å². The average Bonchev–Trinajstić information content (AvgIpc) is 2.82. The largest absolute Gasteiger partial charge is 0.396 e. The molecule has 3 nitrogen and oxygen atoms in total. The van der Waals surface area contributed by atoms with Gasteiger partial charge in [-0.2, -0.15) is 0 Å². The molecule has 0 bridgehead atoms. The van der Waals surface area contributed by atoms with Crippen molar-refractivity contribution in [2.75, 3.05) is 13.2 Å². The van der Waals surface area contributed by atoms with Gasteiger partial charge >= 0.3 is 0 Å². The van der Waals surface area contributed by atoms with Crippen LogP contribution in [0.4, 0.5) is 0 Å². The fraction of sp³-hybridized carbons (Fsp3) is 0.917. The summed E-state index contributed by atoms with van der Waals surface area (Å²) in [5.41, 5.74) is 0.225. The zero-order valence-corrected chi connectivity index (χ0v) is 10.0. The number of aliphatic hydroxyl groups is 1. The standard InChI is InChI=1S/C12H23NO2/c1-9(8-14)5-4-6-13-11(15)10-7-12(10,2)3/h9-10,14H,4-8H2,1-3H3,(H,13,15). The number of carbonyl (C=O) groups is 1. The molecular formula is C12H23NO2. The first-order valence-corrected chi connectivity index (χ1v) is 5.86. The van der Waals surface area contributed by atoms with Crippen LogP contribution in [-0.2, 0) is 4.79 Å². The lowest BCUT2D eigenvalue weighted by molar-refractivity contribution is -0.122.